The molecule has 0 aliphatic rings. The lowest BCUT2D eigenvalue weighted by molar-refractivity contribution is 0.0917. The van der Waals surface area contributed by atoms with Crippen LogP contribution in [0.15, 0.2) is 18.2 Å². The van der Waals surface area contributed by atoms with Crippen LogP contribution in [0.2, 0.25) is 0 Å². The Morgan fingerprint density at radius 2 is 1.68 bits per heavy atom. The van der Waals surface area contributed by atoms with Crippen LogP contribution in [0.4, 0.5) is 0 Å². The molecule has 0 amide bonds. The van der Waals surface area contributed by atoms with Crippen molar-refractivity contribution < 1.29 is 0 Å². The number of hydrogen-bond acceptors (Lipinski definition) is 2. The van der Waals surface area contributed by atoms with Gasteiger partial charge in [0.2, 0.25) is 0 Å². The van der Waals surface area contributed by atoms with Crippen molar-refractivity contribution in [1.29, 1.82) is 0 Å². The van der Waals surface area contributed by atoms with Crippen LogP contribution in [-0.2, 0) is 0 Å². The Bertz CT molecular complexity index is 406. The van der Waals surface area contributed by atoms with Crippen molar-refractivity contribution in [2.45, 2.75) is 52.1 Å². The van der Waals surface area contributed by atoms with Crippen molar-refractivity contribution in [3.8, 4) is 0 Å². The fourth-order valence-electron chi connectivity index (χ4n) is 3.24. The molecule has 0 saturated carbocycles. The van der Waals surface area contributed by atoms with Crippen LogP contribution < -0.4 is 5.32 Å². The third-order valence-corrected chi connectivity index (χ3v) is 4.81. The van der Waals surface area contributed by atoms with Crippen molar-refractivity contribution in [3.63, 3.8) is 0 Å². The maximum Gasteiger partial charge on any atom is 0.0504 e. The second kappa shape index (κ2) is 6.53. The largest absolute Gasteiger partial charge is 0.311 e. The number of benzene rings is 1. The Labute approximate surface area is 119 Å². The maximum atomic E-state index is 3.55. The fraction of sp³-hybridized carbons (Fsp3) is 0.647. The molecular formula is C17H30N2. The predicted molar refractivity (Wildman–Crippen MR) is 84.7 cm³/mol. The number of rotatable bonds is 6. The molecule has 0 aromatic heterocycles. The molecule has 1 atom stereocenters. The number of nitrogens with one attached hydrogen (secondary N) is 1. The SMILES string of the molecule is CCC(CC)(C(NC)c1ccc(C)c(C)c1)N(C)C. The summed E-state index contributed by atoms with van der Waals surface area (Å²) in [7, 11) is 6.46. The van der Waals surface area contributed by atoms with Gasteiger partial charge in [0, 0.05) is 5.54 Å². The van der Waals surface area contributed by atoms with Crippen molar-refractivity contribution in [2.75, 3.05) is 21.1 Å². The maximum absolute atomic E-state index is 3.55. The van der Waals surface area contributed by atoms with Crippen LogP contribution in [0.25, 0.3) is 0 Å². The molecular weight excluding hydrogens is 232 g/mol. The molecule has 1 aromatic carbocycles. The van der Waals surface area contributed by atoms with Gasteiger partial charge in [-0.1, -0.05) is 32.0 Å². The van der Waals surface area contributed by atoms with Gasteiger partial charge in [-0.2, -0.15) is 0 Å². The summed E-state index contributed by atoms with van der Waals surface area (Å²) in [6, 6.07) is 7.20. The molecule has 0 spiro atoms. The Hall–Kier alpha value is -0.860. The molecule has 1 aromatic rings. The zero-order valence-corrected chi connectivity index (χ0v) is 13.7. The van der Waals surface area contributed by atoms with E-state index in [1.165, 1.54) is 16.7 Å². The highest BCUT2D eigenvalue weighted by molar-refractivity contribution is 5.33. The van der Waals surface area contributed by atoms with E-state index in [1.54, 1.807) is 0 Å². The second-order valence-corrected chi connectivity index (χ2v) is 5.77. The molecule has 0 aliphatic heterocycles. The van der Waals surface area contributed by atoms with Crippen LogP contribution >= 0.6 is 0 Å². The van der Waals surface area contributed by atoms with E-state index < -0.39 is 0 Å². The first kappa shape index (κ1) is 16.2. The summed E-state index contributed by atoms with van der Waals surface area (Å²) in [5.74, 6) is 0. The van der Waals surface area contributed by atoms with Gasteiger partial charge in [0.1, 0.15) is 0 Å². The molecule has 1 rings (SSSR count). The smallest absolute Gasteiger partial charge is 0.0504 e. The van der Waals surface area contributed by atoms with Gasteiger partial charge in [0.25, 0.3) is 0 Å². The van der Waals surface area contributed by atoms with Gasteiger partial charge in [-0.25, -0.2) is 0 Å². The standard InChI is InChI=1S/C17H30N2/c1-8-17(9-2,19(6)7)16(18-5)15-11-10-13(3)14(4)12-15/h10-12,16,18H,8-9H2,1-7H3. The zero-order chi connectivity index (χ0) is 14.6. The molecule has 1 unspecified atom stereocenters. The van der Waals surface area contributed by atoms with Crippen molar-refractivity contribution in [3.05, 3.63) is 34.9 Å². The highest BCUT2D eigenvalue weighted by atomic mass is 15.2. The van der Waals surface area contributed by atoms with Crippen LogP contribution in [-0.4, -0.2) is 31.6 Å². The molecule has 0 radical (unpaired) electrons. The molecule has 0 bridgehead atoms. The summed E-state index contributed by atoms with van der Waals surface area (Å²) in [6.45, 7) is 8.94. The normalized spacial score (nSPS) is 13.9. The van der Waals surface area contributed by atoms with Crippen molar-refractivity contribution in [1.82, 2.24) is 10.2 Å². The first-order chi connectivity index (χ1) is 8.92. The van der Waals surface area contributed by atoms with E-state index in [2.05, 4.69) is 77.3 Å². The zero-order valence-electron chi connectivity index (χ0n) is 13.7. The fourth-order valence-corrected chi connectivity index (χ4v) is 3.24. The Kier molecular flexibility index (Phi) is 5.57. The predicted octanol–water partition coefficient (Wildman–Crippen LogP) is 3.68. The minimum Gasteiger partial charge on any atom is -0.311 e. The number of nitrogens with zero attached hydrogens (tertiary/aromatic N) is 1. The van der Waals surface area contributed by atoms with Crippen LogP contribution in [0.3, 0.4) is 0 Å². The van der Waals surface area contributed by atoms with Crippen LogP contribution in [0.5, 0.6) is 0 Å². The van der Waals surface area contributed by atoms with Crippen molar-refractivity contribution in [2.24, 2.45) is 0 Å². The van der Waals surface area contributed by atoms with E-state index in [4.69, 9.17) is 0 Å². The van der Waals surface area contributed by atoms with E-state index in [0.717, 1.165) is 12.8 Å². The summed E-state index contributed by atoms with van der Waals surface area (Å²) in [4.78, 5) is 2.38. The number of aryl methyl sites for hydroxylation is 2. The first-order valence-corrected chi connectivity index (χ1v) is 7.34. The Balaban J connectivity index is 3.27. The molecule has 2 nitrogen and oxygen atoms in total. The van der Waals surface area contributed by atoms with E-state index >= 15 is 0 Å². The highest BCUT2D eigenvalue weighted by Gasteiger charge is 2.37. The Morgan fingerprint density at radius 1 is 1.11 bits per heavy atom. The summed E-state index contributed by atoms with van der Waals surface area (Å²) in [5, 5.41) is 3.55. The molecule has 19 heavy (non-hydrogen) atoms. The lowest BCUT2D eigenvalue weighted by atomic mass is 9.79. The van der Waals surface area contributed by atoms with Crippen LogP contribution in [0.1, 0.15) is 49.4 Å². The lowest BCUT2D eigenvalue weighted by Gasteiger charge is -2.45. The third kappa shape index (κ3) is 3.01. The number of likely N-dealkylation sites (N-methyl/N-ethyl adjacent to an activating group) is 2. The molecule has 108 valence electrons. The lowest BCUT2D eigenvalue weighted by Crippen LogP contribution is -2.52. The summed E-state index contributed by atoms with van der Waals surface area (Å²) in [5.41, 5.74) is 4.29. The van der Waals surface area contributed by atoms with E-state index in [-0.39, 0.29) is 5.54 Å². The summed E-state index contributed by atoms with van der Waals surface area (Å²) < 4.78 is 0. The molecule has 0 heterocycles. The average molecular weight is 262 g/mol. The van der Waals surface area contributed by atoms with Gasteiger partial charge in [-0.15, -0.1) is 0 Å². The molecule has 0 fully saturated rings. The van der Waals surface area contributed by atoms with Crippen LogP contribution in [0, 0.1) is 13.8 Å². The Morgan fingerprint density at radius 3 is 2.05 bits per heavy atom. The molecule has 1 N–H and O–H groups in total. The van der Waals surface area contributed by atoms with Crippen molar-refractivity contribution >= 4 is 0 Å². The van der Waals surface area contributed by atoms with Gasteiger partial charge < -0.3 is 10.2 Å². The van der Waals surface area contributed by atoms with Gasteiger partial charge in [0.05, 0.1) is 6.04 Å². The van der Waals surface area contributed by atoms with Gasteiger partial charge in [-0.3, -0.25) is 0 Å². The minimum absolute atomic E-state index is 0.163. The van der Waals surface area contributed by atoms with Gasteiger partial charge in [0.15, 0.2) is 0 Å². The quantitative estimate of drug-likeness (QED) is 0.841. The summed E-state index contributed by atoms with van der Waals surface area (Å²) in [6.07, 6.45) is 2.27. The second-order valence-electron chi connectivity index (χ2n) is 5.77. The molecule has 0 aliphatic carbocycles. The molecule has 2 heteroatoms. The first-order valence-electron chi connectivity index (χ1n) is 7.34. The third-order valence-electron chi connectivity index (χ3n) is 4.81. The average Bonchev–Trinajstić information content (AvgIpc) is 2.39. The topological polar surface area (TPSA) is 15.3 Å². The van der Waals surface area contributed by atoms with E-state index in [9.17, 15) is 0 Å². The minimum atomic E-state index is 0.163. The summed E-state index contributed by atoms with van der Waals surface area (Å²) >= 11 is 0. The van der Waals surface area contributed by atoms with E-state index in [0.29, 0.717) is 6.04 Å². The number of hydrogen-bond donors (Lipinski definition) is 1. The van der Waals surface area contributed by atoms with Gasteiger partial charge in [-0.05, 0) is 64.5 Å². The molecule has 0 saturated heterocycles. The monoisotopic (exact) mass is 262 g/mol. The van der Waals surface area contributed by atoms with Gasteiger partial charge >= 0.3 is 0 Å². The highest BCUT2D eigenvalue weighted by Crippen LogP contribution is 2.36. The van der Waals surface area contributed by atoms with E-state index in [1.807, 2.05) is 0 Å².